The van der Waals surface area contributed by atoms with Crippen molar-refractivity contribution in [1.29, 1.82) is 5.26 Å². The van der Waals surface area contributed by atoms with E-state index >= 15 is 0 Å². The third kappa shape index (κ3) is 2.46. The molecule has 3 nitrogen and oxygen atoms in total. The molecule has 96 valence electrons. The van der Waals surface area contributed by atoms with Gasteiger partial charge in [0.15, 0.2) is 0 Å². The summed E-state index contributed by atoms with van der Waals surface area (Å²) in [6.45, 7) is 8.07. The number of carbonyl (C=O) groups excluding carboxylic acids is 1. The molecule has 1 saturated heterocycles. The van der Waals surface area contributed by atoms with Gasteiger partial charge in [-0.1, -0.05) is 13.8 Å². The van der Waals surface area contributed by atoms with Crippen molar-refractivity contribution in [2.75, 3.05) is 0 Å². The van der Waals surface area contributed by atoms with Gasteiger partial charge in [0, 0.05) is 12.1 Å². The number of carbonyl (C=O) groups is 1. The van der Waals surface area contributed by atoms with Crippen molar-refractivity contribution < 1.29 is 4.79 Å². The highest BCUT2D eigenvalue weighted by molar-refractivity contribution is 5.86. The van der Waals surface area contributed by atoms with Crippen LogP contribution in [0.1, 0.15) is 59.8 Å². The first kappa shape index (κ1) is 14.0. The average Bonchev–Trinajstić information content (AvgIpc) is 2.32. The van der Waals surface area contributed by atoms with Crippen LogP contribution < -0.4 is 0 Å². The Morgan fingerprint density at radius 1 is 1.29 bits per heavy atom. The SMILES string of the molecule is CCC(C#N)(CC)C(=O)N1[C@H](C)CCC[C@@H]1C. The number of piperidine rings is 1. The molecule has 0 saturated carbocycles. The zero-order valence-electron chi connectivity index (χ0n) is 11.5. The summed E-state index contributed by atoms with van der Waals surface area (Å²) in [6.07, 6.45) is 4.52. The average molecular weight is 236 g/mol. The van der Waals surface area contributed by atoms with E-state index in [2.05, 4.69) is 19.9 Å². The van der Waals surface area contributed by atoms with Gasteiger partial charge in [-0.15, -0.1) is 0 Å². The topological polar surface area (TPSA) is 44.1 Å². The Morgan fingerprint density at radius 2 is 1.76 bits per heavy atom. The molecule has 0 bridgehead atoms. The van der Waals surface area contributed by atoms with E-state index in [9.17, 15) is 10.1 Å². The van der Waals surface area contributed by atoms with E-state index in [1.807, 2.05) is 18.7 Å². The molecule has 1 amide bonds. The maximum absolute atomic E-state index is 12.6. The minimum absolute atomic E-state index is 0.0460. The molecule has 0 aromatic carbocycles. The van der Waals surface area contributed by atoms with Gasteiger partial charge in [0.2, 0.25) is 5.91 Å². The third-order valence-electron chi connectivity index (χ3n) is 4.26. The van der Waals surface area contributed by atoms with Crippen LogP contribution in [0.25, 0.3) is 0 Å². The van der Waals surface area contributed by atoms with Crippen molar-refractivity contribution in [3.63, 3.8) is 0 Å². The lowest BCUT2D eigenvalue weighted by Crippen LogP contribution is -2.53. The van der Waals surface area contributed by atoms with Crippen molar-refractivity contribution in [1.82, 2.24) is 4.90 Å². The third-order valence-corrected chi connectivity index (χ3v) is 4.26. The summed E-state index contributed by atoms with van der Waals surface area (Å²) in [4.78, 5) is 14.6. The highest BCUT2D eigenvalue weighted by Gasteiger charge is 2.42. The summed E-state index contributed by atoms with van der Waals surface area (Å²) in [5.74, 6) is 0.0460. The van der Waals surface area contributed by atoms with Crippen molar-refractivity contribution in [3.05, 3.63) is 0 Å². The Morgan fingerprint density at radius 3 is 2.12 bits per heavy atom. The Kier molecular flexibility index (Phi) is 4.56. The fourth-order valence-electron chi connectivity index (χ4n) is 2.83. The van der Waals surface area contributed by atoms with Crippen LogP contribution in [0.3, 0.4) is 0 Å². The van der Waals surface area contributed by atoms with Crippen LogP contribution in [-0.4, -0.2) is 22.9 Å². The van der Waals surface area contributed by atoms with Gasteiger partial charge in [-0.25, -0.2) is 0 Å². The molecule has 17 heavy (non-hydrogen) atoms. The summed E-state index contributed by atoms with van der Waals surface area (Å²) in [7, 11) is 0. The van der Waals surface area contributed by atoms with Gasteiger partial charge in [0.05, 0.1) is 6.07 Å². The Bertz CT molecular complexity index is 305. The van der Waals surface area contributed by atoms with Crippen LogP contribution in [0.5, 0.6) is 0 Å². The maximum Gasteiger partial charge on any atom is 0.243 e. The van der Waals surface area contributed by atoms with Gasteiger partial charge in [-0.2, -0.15) is 5.26 Å². The summed E-state index contributed by atoms with van der Waals surface area (Å²) in [6, 6.07) is 2.81. The van der Waals surface area contributed by atoms with E-state index in [0.29, 0.717) is 12.8 Å². The van der Waals surface area contributed by atoms with E-state index in [1.165, 1.54) is 6.42 Å². The smallest absolute Gasteiger partial charge is 0.243 e. The molecule has 1 fully saturated rings. The normalized spacial score (nSPS) is 25.5. The van der Waals surface area contributed by atoms with Gasteiger partial charge in [-0.3, -0.25) is 4.79 Å². The largest absolute Gasteiger partial charge is 0.336 e. The predicted molar refractivity (Wildman–Crippen MR) is 68.2 cm³/mol. The van der Waals surface area contributed by atoms with E-state index in [1.54, 1.807) is 0 Å². The van der Waals surface area contributed by atoms with Gasteiger partial charge in [0.1, 0.15) is 5.41 Å². The first-order valence-electron chi connectivity index (χ1n) is 6.76. The van der Waals surface area contributed by atoms with Crippen LogP contribution in [0.2, 0.25) is 0 Å². The van der Waals surface area contributed by atoms with Gasteiger partial charge in [-0.05, 0) is 46.0 Å². The number of amides is 1. The number of hydrogen-bond acceptors (Lipinski definition) is 2. The van der Waals surface area contributed by atoms with Crippen molar-refractivity contribution in [2.45, 2.75) is 71.9 Å². The van der Waals surface area contributed by atoms with Crippen molar-refractivity contribution in [3.8, 4) is 6.07 Å². The molecular formula is C14H24N2O. The lowest BCUT2D eigenvalue weighted by molar-refractivity contribution is -0.145. The number of likely N-dealkylation sites (tertiary alicyclic amines) is 1. The van der Waals surface area contributed by atoms with E-state index in [0.717, 1.165) is 12.8 Å². The number of nitriles is 1. The molecule has 1 aliphatic heterocycles. The Balaban J connectivity index is 2.97. The Labute approximate surface area is 105 Å². The molecule has 2 atom stereocenters. The highest BCUT2D eigenvalue weighted by Crippen LogP contribution is 2.33. The highest BCUT2D eigenvalue weighted by atomic mass is 16.2. The minimum Gasteiger partial charge on any atom is -0.336 e. The Hall–Kier alpha value is -1.04. The molecule has 0 spiro atoms. The zero-order chi connectivity index (χ0) is 13.1. The van der Waals surface area contributed by atoms with Crippen LogP contribution in [0.4, 0.5) is 0 Å². The number of rotatable bonds is 3. The standard InChI is InChI=1S/C14H24N2O/c1-5-14(6-2,10-15)13(17)16-11(3)8-7-9-12(16)4/h11-12H,5-9H2,1-4H3/t11-,12+. The fraction of sp³-hybridized carbons (Fsp3) is 0.857. The lowest BCUT2D eigenvalue weighted by Gasteiger charge is -2.42. The summed E-state index contributed by atoms with van der Waals surface area (Å²) in [5, 5.41) is 9.35. The van der Waals surface area contributed by atoms with Crippen LogP contribution in [-0.2, 0) is 4.79 Å². The van der Waals surface area contributed by atoms with Gasteiger partial charge < -0.3 is 4.90 Å². The van der Waals surface area contributed by atoms with Gasteiger partial charge in [0.25, 0.3) is 0 Å². The van der Waals surface area contributed by atoms with E-state index < -0.39 is 5.41 Å². The molecule has 1 rings (SSSR count). The molecule has 0 aromatic rings. The number of nitrogens with zero attached hydrogens (tertiary/aromatic N) is 2. The summed E-state index contributed by atoms with van der Waals surface area (Å²) >= 11 is 0. The molecule has 0 N–H and O–H groups in total. The van der Waals surface area contributed by atoms with Crippen LogP contribution in [0.15, 0.2) is 0 Å². The second-order valence-corrected chi connectivity index (χ2v) is 5.24. The molecule has 0 aliphatic carbocycles. The van der Waals surface area contributed by atoms with Crippen LogP contribution >= 0.6 is 0 Å². The lowest BCUT2D eigenvalue weighted by atomic mass is 9.80. The fourth-order valence-corrected chi connectivity index (χ4v) is 2.83. The summed E-state index contributed by atoms with van der Waals surface area (Å²) < 4.78 is 0. The molecule has 0 radical (unpaired) electrons. The van der Waals surface area contributed by atoms with Crippen LogP contribution in [0, 0.1) is 16.7 Å². The second-order valence-electron chi connectivity index (χ2n) is 5.24. The number of hydrogen-bond donors (Lipinski definition) is 0. The quantitative estimate of drug-likeness (QED) is 0.755. The first-order chi connectivity index (χ1) is 8.02. The minimum atomic E-state index is -0.806. The van der Waals surface area contributed by atoms with Gasteiger partial charge >= 0.3 is 0 Å². The first-order valence-corrected chi connectivity index (χ1v) is 6.76. The molecule has 0 unspecified atom stereocenters. The van der Waals surface area contributed by atoms with E-state index in [-0.39, 0.29) is 18.0 Å². The summed E-state index contributed by atoms with van der Waals surface area (Å²) in [5.41, 5.74) is -0.806. The second kappa shape index (κ2) is 5.53. The monoisotopic (exact) mass is 236 g/mol. The molecule has 3 heteroatoms. The van der Waals surface area contributed by atoms with Crippen molar-refractivity contribution >= 4 is 5.91 Å². The molecule has 1 heterocycles. The van der Waals surface area contributed by atoms with E-state index in [4.69, 9.17) is 0 Å². The molecular weight excluding hydrogens is 212 g/mol. The zero-order valence-corrected chi connectivity index (χ0v) is 11.5. The molecule has 0 aromatic heterocycles. The predicted octanol–water partition coefficient (Wildman–Crippen LogP) is 3.11. The van der Waals surface area contributed by atoms with Crippen molar-refractivity contribution in [2.24, 2.45) is 5.41 Å². The molecule has 1 aliphatic rings. The maximum atomic E-state index is 12.6.